The summed E-state index contributed by atoms with van der Waals surface area (Å²) in [6.07, 6.45) is -3.82. The van der Waals surface area contributed by atoms with Gasteiger partial charge < -0.3 is 19.9 Å². The molecule has 1 spiro atoms. The van der Waals surface area contributed by atoms with Crippen LogP contribution >= 0.6 is 11.8 Å². The van der Waals surface area contributed by atoms with Gasteiger partial charge in [-0.15, -0.1) is 0 Å². The molecule has 3 heterocycles. The summed E-state index contributed by atoms with van der Waals surface area (Å²) in [7, 11) is 0. The molecule has 1 aromatic heterocycles. The highest BCUT2D eigenvalue weighted by atomic mass is 32.2. The van der Waals surface area contributed by atoms with Crippen molar-refractivity contribution in [3.05, 3.63) is 76.5 Å². The largest absolute Gasteiger partial charge is 0.444 e. The lowest BCUT2D eigenvalue weighted by molar-refractivity contribution is -0.140. The molecule has 14 heteroatoms. The maximum atomic E-state index is 15.1. The van der Waals surface area contributed by atoms with Gasteiger partial charge >= 0.3 is 12.3 Å². The zero-order chi connectivity index (χ0) is 32.2. The minimum Gasteiger partial charge on any atom is -0.444 e. The quantitative estimate of drug-likeness (QED) is 0.190. The third-order valence-corrected chi connectivity index (χ3v) is 8.01. The van der Waals surface area contributed by atoms with E-state index in [-0.39, 0.29) is 41.9 Å². The molecule has 2 aliphatic rings. The molecule has 1 saturated heterocycles. The van der Waals surface area contributed by atoms with Crippen molar-refractivity contribution in [3.63, 3.8) is 0 Å². The van der Waals surface area contributed by atoms with Crippen molar-refractivity contribution in [2.24, 2.45) is 0 Å². The van der Waals surface area contributed by atoms with Crippen molar-refractivity contribution in [2.75, 3.05) is 29.6 Å². The third-order valence-electron chi connectivity index (χ3n) is 7.46. The Morgan fingerprint density at radius 2 is 1.75 bits per heavy atom. The number of nitrogens with zero attached hydrogens (tertiary/aromatic N) is 4. The number of aromatic nitrogens is 2. The van der Waals surface area contributed by atoms with Crippen LogP contribution in [0.25, 0.3) is 0 Å². The van der Waals surface area contributed by atoms with Crippen LogP contribution in [-0.2, 0) is 27.7 Å². The summed E-state index contributed by atoms with van der Waals surface area (Å²) in [5, 5.41) is 3.27. The Kier molecular flexibility index (Phi) is 8.02. The van der Waals surface area contributed by atoms with Gasteiger partial charge in [0.25, 0.3) is 0 Å². The Morgan fingerprint density at radius 3 is 2.36 bits per heavy atom. The number of likely N-dealkylation sites (tertiary alicyclic amines) is 1. The van der Waals surface area contributed by atoms with Gasteiger partial charge in [-0.3, -0.25) is 4.79 Å². The number of fused-ring (bicyclic) bond motifs is 2. The Balaban J connectivity index is 1.60. The lowest BCUT2D eigenvalue weighted by Gasteiger charge is -2.52. The van der Waals surface area contributed by atoms with E-state index in [1.807, 2.05) is 0 Å². The number of benzene rings is 2. The molecule has 234 valence electrons. The summed E-state index contributed by atoms with van der Waals surface area (Å²) in [6, 6.07) is 7.75. The predicted molar refractivity (Wildman–Crippen MR) is 154 cm³/mol. The van der Waals surface area contributed by atoms with E-state index >= 15 is 8.78 Å². The molecule has 2 aromatic carbocycles. The van der Waals surface area contributed by atoms with Gasteiger partial charge in [0.05, 0.1) is 29.5 Å². The molecule has 1 fully saturated rings. The Hall–Kier alpha value is -3.94. The standard InChI is InChI=1S/C30H30F5N5O3S/c1-16(17-9-8-10-19(22(17)32)30(33,34)35)36-24-18-13-40(21-12-7-6-11-20(21)31)25(41)29(23(18)37-26(38-24)44-5)14-39(15-29)27(42)43-28(2,3)4/h6-12,16H,13-15H2,1-5H3,(H,36,37,38)/t16-/m1/s1. The van der Waals surface area contributed by atoms with E-state index in [4.69, 9.17) is 4.74 Å². The minimum absolute atomic E-state index is 0.00453. The van der Waals surface area contributed by atoms with E-state index in [0.717, 1.165) is 17.8 Å². The van der Waals surface area contributed by atoms with Gasteiger partial charge in [0, 0.05) is 24.2 Å². The van der Waals surface area contributed by atoms with Gasteiger partial charge in [0.2, 0.25) is 5.91 Å². The van der Waals surface area contributed by atoms with E-state index in [9.17, 15) is 22.8 Å². The van der Waals surface area contributed by atoms with Crippen LogP contribution < -0.4 is 10.2 Å². The fourth-order valence-electron chi connectivity index (χ4n) is 5.41. The van der Waals surface area contributed by atoms with Crippen LogP contribution in [0.1, 0.15) is 56.1 Å². The fourth-order valence-corrected chi connectivity index (χ4v) is 5.77. The molecule has 0 saturated carbocycles. The first kappa shape index (κ1) is 31.5. The third kappa shape index (κ3) is 5.66. The van der Waals surface area contributed by atoms with Crippen LogP contribution in [0.5, 0.6) is 0 Å². The van der Waals surface area contributed by atoms with Crippen LogP contribution in [0.3, 0.4) is 0 Å². The molecule has 1 N–H and O–H groups in total. The number of hydrogen-bond donors (Lipinski definition) is 1. The number of carbonyl (C=O) groups is 2. The van der Waals surface area contributed by atoms with Gasteiger partial charge in [-0.2, -0.15) is 13.2 Å². The van der Waals surface area contributed by atoms with E-state index in [1.54, 1.807) is 33.1 Å². The maximum Gasteiger partial charge on any atom is 0.419 e. The number of ether oxygens (including phenoxy) is 1. The molecule has 2 amide bonds. The number of para-hydroxylation sites is 1. The van der Waals surface area contributed by atoms with E-state index in [2.05, 4.69) is 15.3 Å². The van der Waals surface area contributed by atoms with Crippen molar-refractivity contribution < 1.29 is 36.3 Å². The van der Waals surface area contributed by atoms with Gasteiger partial charge in [-0.25, -0.2) is 23.5 Å². The van der Waals surface area contributed by atoms with Gasteiger partial charge in [0.1, 0.15) is 28.5 Å². The molecule has 2 aliphatic heterocycles. The second-order valence-electron chi connectivity index (χ2n) is 11.7. The van der Waals surface area contributed by atoms with Crippen LogP contribution in [0.15, 0.2) is 47.6 Å². The number of amides is 2. The molecule has 1 atom stereocenters. The first-order chi connectivity index (χ1) is 20.6. The van der Waals surface area contributed by atoms with Crippen molar-refractivity contribution in [1.82, 2.24) is 14.9 Å². The van der Waals surface area contributed by atoms with Gasteiger partial charge in [-0.05, 0) is 52.1 Å². The maximum absolute atomic E-state index is 15.1. The molecule has 0 aliphatic carbocycles. The van der Waals surface area contributed by atoms with Crippen LogP contribution in [0, 0.1) is 11.6 Å². The van der Waals surface area contributed by atoms with E-state index in [0.29, 0.717) is 17.3 Å². The number of hydrogen-bond acceptors (Lipinski definition) is 7. The number of rotatable bonds is 5. The molecule has 8 nitrogen and oxygen atoms in total. The molecule has 3 aromatic rings. The van der Waals surface area contributed by atoms with Crippen molar-refractivity contribution in [2.45, 2.75) is 62.6 Å². The van der Waals surface area contributed by atoms with E-state index in [1.165, 1.54) is 41.0 Å². The lowest BCUT2D eigenvalue weighted by Crippen LogP contribution is -2.70. The predicted octanol–water partition coefficient (Wildman–Crippen LogP) is 6.70. The SMILES string of the molecule is CSc1nc(N[C@H](C)c2cccc(C(F)(F)F)c2F)c2c(n1)C1(CN(C(=O)OC(C)(C)C)C1)C(=O)N(c1ccccc1F)C2. The number of nitrogens with one attached hydrogen (secondary N) is 1. The number of carbonyl (C=O) groups excluding carboxylic acids is 2. The Morgan fingerprint density at radius 1 is 1.07 bits per heavy atom. The summed E-state index contributed by atoms with van der Waals surface area (Å²) in [4.78, 5) is 38.8. The first-order valence-electron chi connectivity index (χ1n) is 13.7. The molecule has 44 heavy (non-hydrogen) atoms. The smallest absolute Gasteiger partial charge is 0.419 e. The molecule has 0 radical (unpaired) electrons. The van der Waals surface area contributed by atoms with E-state index < -0.39 is 52.4 Å². The topological polar surface area (TPSA) is 87.7 Å². The normalized spacial score (nSPS) is 16.8. The van der Waals surface area contributed by atoms with Crippen LogP contribution in [0.2, 0.25) is 0 Å². The van der Waals surface area contributed by atoms with Crippen molar-refractivity contribution >= 4 is 35.3 Å². The van der Waals surface area contributed by atoms with Crippen molar-refractivity contribution in [1.29, 1.82) is 0 Å². The number of thioether (sulfide) groups is 1. The zero-order valence-electron chi connectivity index (χ0n) is 24.6. The second-order valence-corrected chi connectivity index (χ2v) is 12.5. The summed E-state index contributed by atoms with van der Waals surface area (Å²) in [5.74, 6) is -2.41. The monoisotopic (exact) mass is 635 g/mol. The Bertz CT molecular complexity index is 1620. The fraction of sp³-hybridized carbons (Fsp3) is 0.400. The second kappa shape index (κ2) is 11.2. The summed E-state index contributed by atoms with van der Waals surface area (Å²) in [5.41, 5.74) is -3.15. The summed E-state index contributed by atoms with van der Waals surface area (Å²) in [6.45, 7) is 6.22. The summed E-state index contributed by atoms with van der Waals surface area (Å²) < 4.78 is 75.9. The van der Waals surface area contributed by atoms with Gasteiger partial charge in [0.15, 0.2) is 5.16 Å². The highest BCUT2D eigenvalue weighted by Crippen LogP contribution is 2.46. The van der Waals surface area contributed by atoms with Crippen molar-refractivity contribution in [3.8, 4) is 0 Å². The molecule has 5 rings (SSSR count). The van der Waals surface area contributed by atoms with Crippen LogP contribution in [-0.4, -0.2) is 51.8 Å². The highest BCUT2D eigenvalue weighted by Gasteiger charge is 2.59. The Labute approximate surface area is 255 Å². The average molecular weight is 636 g/mol. The zero-order valence-corrected chi connectivity index (χ0v) is 25.4. The minimum atomic E-state index is -4.89. The average Bonchev–Trinajstić information content (AvgIpc) is 2.90. The lowest BCUT2D eigenvalue weighted by atomic mass is 9.71. The van der Waals surface area contributed by atoms with Crippen LogP contribution in [0.4, 0.5) is 38.3 Å². The number of halogens is 5. The number of alkyl halides is 3. The summed E-state index contributed by atoms with van der Waals surface area (Å²) >= 11 is 1.16. The highest BCUT2D eigenvalue weighted by molar-refractivity contribution is 7.98. The first-order valence-corrected chi connectivity index (χ1v) is 14.9. The van der Waals surface area contributed by atoms with Gasteiger partial charge in [-0.1, -0.05) is 36.0 Å². The molecule has 0 unspecified atom stereocenters. The number of anilines is 2. The molecular weight excluding hydrogens is 605 g/mol. The molecule has 0 bridgehead atoms. The molecular formula is C30H30F5N5O3S.